The van der Waals surface area contributed by atoms with Gasteiger partial charge in [-0.25, -0.2) is 0 Å². The van der Waals surface area contributed by atoms with Gasteiger partial charge in [0.2, 0.25) is 5.91 Å². The van der Waals surface area contributed by atoms with Gasteiger partial charge in [-0.3, -0.25) is 9.69 Å². The van der Waals surface area contributed by atoms with Gasteiger partial charge in [0.05, 0.1) is 13.2 Å². The molecule has 0 heterocycles. The molecule has 1 aliphatic carbocycles. The van der Waals surface area contributed by atoms with Crippen LogP contribution in [0.25, 0.3) is 0 Å². The van der Waals surface area contributed by atoms with Crippen molar-refractivity contribution in [1.82, 2.24) is 10.2 Å². The van der Waals surface area contributed by atoms with Gasteiger partial charge >= 0.3 is 0 Å². The van der Waals surface area contributed by atoms with Gasteiger partial charge in [0.15, 0.2) is 0 Å². The third-order valence-corrected chi connectivity index (χ3v) is 2.63. The summed E-state index contributed by atoms with van der Waals surface area (Å²) in [6, 6.07) is 1.09. The summed E-state index contributed by atoms with van der Waals surface area (Å²) >= 11 is 0. The van der Waals surface area contributed by atoms with Gasteiger partial charge in [-0.05, 0) is 26.7 Å². The SMILES string of the molecule is COCCNC(=O)CN(C(C)C)C1CC1. The van der Waals surface area contributed by atoms with E-state index in [1.165, 1.54) is 12.8 Å². The standard InChI is InChI=1S/C11H22N2O2/c1-9(2)13(10-4-5-10)8-11(14)12-6-7-15-3/h9-10H,4-8H2,1-3H3,(H,12,14). The zero-order valence-corrected chi connectivity index (χ0v) is 9.95. The van der Waals surface area contributed by atoms with Gasteiger partial charge in [0.1, 0.15) is 0 Å². The molecule has 1 rings (SSSR count). The van der Waals surface area contributed by atoms with Crippen molar-refractivity contribution in [3.63, 3.8) is 0 Å². The van der Waals surface area contributed by atoms with E-state index in [9.17, 15) is 4.79 Å². The number of nitrogens with zero attached hydrogens (tertiary/aromatic N) is 1. The fourth-order valence-electron chi connectivity index (χ4n) is 1.65. The molecule has 0 aromatic carbocycles. The number of carbonyl (C=O) groups is 1. The Balaban J connectivity index is 2.21. The Morgan fingerprint density at radius 3 is 2.67 bits per heavy atom. The third kappa shape index (κ3) is 4.62. The van der Waals surface area contributed by atoms with Crippen LogP contribution in [-0.4, -0.2) is 49.7 Å². The number of amides is 1. The van der Waals surface area contributed by atoms with E-state index in [-0.39, 0.29) is 5.91 Å². The van der Waals surface area contributed by atoms with Crippen molar-refractivity contribution in [2.45, 2.75) is 38.8 Å². The van der Waals surface area contributed by atoms with Crippen molar-refractivity contribution in [3.05, 3.63) is 0 Å². The summed E-state index contributed by atoms with van der Waals surface area (Å²) in [5.41, 5.74) is 0. The number of hydrogen-bond donors (Lipinski definition) is 1. The zero-order chi connectivity index (χ0) is 11.3. The van der Waals surface area contributed by atoms with Crippen LogP contribution in [0, 0.1) is 0 Å². The van der Waals surface area contributed by atoms with Crippen LogP contribution in [0.15, 0.2) is 0 Å². The van der Waals surface area contributed by atoms with Crippen LogP contribution in [0.5, 0.6) is 0 Å². The molecule has 0 unspecified atom stereocenters. The average molecular weight is 214 g/mol. The number of ether oxygens (including phenoxy) is 1. The number of carbonyl (C=O) groups excluding carboxylic acids is 1. The summed E-state index contributed by atoms with van der Waals surface area (Å²) in [5, 5.41) is 2.85. The quantitative estimate of drug-likeness (QED) is 0.632. The second-order valence-corrected chi connectivity index (χ2v) is 4.34. The van der Waals surface area contributed by atoms with E-state index >= 15 is 0 Å². The molecule has 1 aliphatic rings. The van der Waals surface area contributed by atoms with Crippen molar-refractivity contribution >= 4 is 5.91 Å². The first-order valence-electron chi connectivity index (χ1n) is 5.66. The largest absolute Gasteiger partial charge is 0.383 e. The van der Waals surface area contributed by atoms with Gasteiger partial charge < -0.3 is 10.1 Å². The lowest BCUT2D eigenvalue weighted by Crippen LogP contribution is -2.42. The Kier molecular flexibility index (Phi) is 5.05. The lowest BCUT2D eigenvalue weighted by molar-refractivity contribution is -0.123. The molecule has 0 atom stereocenters. The van der Waals surface area contributed by atoms with E-state index < -0.39 is 0 Å². The molecule has 0 saturated heterocycles. The smallest absolute Gasteiger partial charge is 0.234 e. The molecule has 1 amide bonds. The second-order valence-electron chi connectivity index (χ2n) is 4.34. The van der Waals surface area contributed by atoms with Gasteiger partial charge in [-0.1, -0.05) is 0 Å². The monoisotopic (exact) mass is 214 g/mol. The number of hydrogen-bond acceptors (Lipinski definition) is 3. The lowest BCUT2D eigenvalue weighted by atomic mass is 10.3. The topological polar surface area (TPSA) is 41.6 Å². The minimum atomic E-state index is 0.104. The molecule has 0 aromatic rings. The van der Waals surface area contributed by atoms with Crippen LogP contribution < -0.4 is 5.32 Å². The zero-order valence-electron chi connectivity index (χ0n) is 9.95. The normalized spacial score (nSPS) is 16.1. The highest BCUT2D eigenvalue weighted by atomic mass is 16.5. The Hall–Kier alpha value is -0.610. The summed E-state index contributed by atoms with van der Waals surface area (Å²) in [7, 11) is 1.64. The molecule has 0 aromatic heterocycles. The van der Waals surface area contributed by atoms with Gasteiger partial charge in [0.25, 0.3) is 0 Å². The molecule has 4 nitrogen and oxygen atoms in total. The fourth-order valence-corrected chi connectivity index (χ4v) is 1.65. The predicted octanol–water partition coefficient (Wildman–Crippen LogP) is 0.622. The van der Waals surface area contributed by atoms with Gasteiger partial charge in [-0.15, -0.1) is 0 Å². The Morgan fingerprint density at radius 1 is 1.53 bits per heavy atom. The Bertz CT molecular complexity index is 201. The molecule has 1 fully saturated rings. The van der Waals surface area contributed by atoms with Crippen LogP contribution in [-0.2, 0) is 9.53 Å². The van der Waals surface area contributed by atoms with Crippen LogP contribution in [0.2, 0.25) is 0 Å². The molecule has 0 bridgehead atoms. The molecular formula is C11H22N2O2. The first kappa shape index (κ1) is 12.5. The van der Waals surface area contributed by atoms with E-state index in [1.54, 1.807) is 7.11 Å². The van der Waals surface area contributed by atoms with E-state index in [0.717, 1.165) is 0 Å². The van der Waals surface area contributed by atoms with Crippen molar-refractivity contribution in [1.29, 1.82) is 0 Å². The maximum absolute atomic E-state index is 11.6. The lowest BCUT2D eigenvalue weighted by Gasteiger charge is -2.25. The van der Waals surface area contributed by atoms with Crippen LogP contribution >= 0.6 is 0 Å². The Labute approximate surface area is 92.0 Å². The number of nitrogens with one attached hydrogen (secondary N) is 1. The van der Waals surface area contributed by atoms with E-state index in [2.05, 4.69) is 24.1 Å². The summed E-state index contributed by atoms with van der Waals surface area (Å²) in [6.07, 6.45) is 2.48. The first-order chi connectivity index (χ1) is 7.15. The van der Waals surface area contributed by atoms with Crippen LogP contribution in [0.1, 0.15) is 26.7 Å². The van der Waals surface area contributed by atoms with Crippen molar-refractivity contribution in [3.8, 4) is 0 Å². The predicted molar refractivity (Wildman–Crippen MR) is 59.7 cm³/mol. The number of methoxy groups -OCH3 is 1. The fraction of sp³-hybridized carbons (Fsp3) is 0.909. The van der Waals surface area contributed by atoms with Crippen molar-refractivity contribution in [2.75, 3.05) is 26.8 Å². The second kappa shape index (κ2) is 6.08. The van der Waals surface area contributed by atoms with Crippen molar-refractivity contribution in [2.24, 2.45) is 0 Å². The van der Waals surface area contributed by atoms with Crippen LogP contribution in [0.3, 0.4) is 0 Å². The summed E-state index contributed by atoms with van der Waals surface area (Å²) in [5.74, 6) is 0.104. The molecular weight excluding hydrogens is 192 g/mol. The third-order valence-electron chi connectivity index (χ3n) is 2.63. The molecule has 15 heavy (non-hydrogen) atoms. The van der Waals surface area contributed by atoms with Crippen molar-refractivity contribution < 1.29 is 9.53 Å². The Morgan fingerprint density at radius 2 is 2.20 bits per heavy atom. The molecule has 0 spiro atoms. The molecule has 1 N–H and O–H groups in total. The highest BCUT2D eigenvalue weighted by molar-refractivity contribution is 5.78. The maximum Gasteiger partial charge on any atom is 0.234 e. The highest BCUT2D eigenvalue weighted by Gasteiger charge is 2.31. The summed E-state index contributed by atoms with van der Waals surface area (Å²) in [4.78, 5) is 13.8. The molecule has 4 heteroatoms. The molecule has 1 saturated carbocycles. The molecule has 88 valence electrons. The summed E-state index contributed by atoms with van der Waals surface area (Å²) in [6.45, 7) is 5.98. The van der Waals surface area contributed by atoms with Gasteiger partial charge in [0, 0.05) is 25.7 Å². The average Bonchev–Trinajstić information content (AvgIpc) is 2.97. The minimum Gasteiger partial charge on any atom is -0.383 e. The molecule has 0 radical (unpaired) electrons. The highest BCUT2D eigenvalue weighted by Crippen LogP contribution is 2.27. The van der Waals surface area contributed by atoms with E-state index in [4.69, 9.17) is 4.74 Å². The molecule has 0 aliphatic heterocycles. The minimum absolute atomic E-state index is 0.104. The van der Waals surface area contributed by atoms with Crippen LogP contribution in [0.4, 0.5) is 0 Å². The van der Waals surface area contributed by atoms with E-state index in [1.807, 2.05) is 0 Å². The number of rotatable bonds is 7. The first-order valence-corrected chi connectivity index (χ1v) is 5.66. The summed E-state index contributed by atoms with van der Waals surface area (Å²) < 4.78 is 4.88. The van der Waals surface area contributed by atoms with Gasteiger partial charge in [-0.2, -0.15) is 0 Å². The van der Waals surface area contributed by atoms with E-state index in [0.29, 0.717) is 31.8 Å². The maximum atomic E-state index is 11.6.